The Labute approximate surface area is 147 Å². The van der Waals surface area contributed by atoms with Crippen molar-refractivity contribution in [2.24, 2.45) is 11.0 Å². The largest absolute Gasteiger partial charge is 0.271 e. The second-order valence-corrected chi connectivity index (χ2v) is 8.12. The third-order valence-corrected chi connectivity index (χ3v) is 6.12. The molecule has 25 heavy (non-hydrogen) atoms. The molecule has 1 aliphatic heterocycles. The molecular formula is C18H21N3O3S. The lowest BCUT2D eigenvalue weighted by Gasteiger charge is -2.17. The highest BCUT2D eigenvalue weighted by Gasteiger charge is 2.36. The van der Waals surface area contributed by atoms with Crippen molar-refractivity contribution >= 4 is 38.1 Å². The molecule has 0 saturated heterocycles. The monoisotopic (exact) mass is 359 g/mol. The number of carbonyl (C=O) groups excluding carboxylic acids is 1. The van der Waals surface area contributed by atoms with Gasteiger partial charge in [0, 0.05) is 11.1 Å². The summed E-state index contributed by atoms with van der Waals surface area (Å²) in [6, 6.07) is 10.5. The van der Waals surface area contributed by atoms with Crippen LogP contribution in [0.2, 0.25) is 0 Å². The number of amides is 1. The smallest absolute Gasteiger partial charge is 0.265 e. The highest BCUT2D eigenvalue weighted by Crippen LogP contribution is 2.41. The highest BCUT2D eigenvalue weighted by atomic mass is 32.2. The second kappa shape index (κ2) is 6.48. The Balaban J connectivity index is 1.90. The molecule has 0 saturated carbocycles. The third kappa shape index (κ3) is 3.00. The van der Waals surface area contributed by atoms with E-state index in [-0.39, 0.29) is 17.4 Å². The van der Waals surface area contributed by atoms with E-state index in [0.29, 0.717) is 11.1 Å². The molecule has 1 heterocycles. The summed E-state index contributed by atoms with van der Waals surface area (Å²) >= 11 is 0. The Morgan fingerprint density at radius 3 is 2.52 bits per heavy atom. The van der Waals surface area contributed by atoms with Crippen molar-refractivity contribution in [2.75, 3.05) is 10.8 Å². The number of hydrazone groups is 1. The van der Waals surface area contributed by atoms with Crippen LogP contribution in [-0.4, -0.2) is 26.6 Å². The van der Waals surface area contributed by atoms with Crippen molar-refractivity contribution in [3.8, 4) is 0 Å². The first kappa shape index (κ1) is 17.4. The summed E-state index contributed by atoms with van der Waals surface area (Å²) in [4.78, 5) is 12.5. The Hall–Kier alpha value is -2.41. The molecule has 0 radical (unpaired) electrons. The molecule has 0 aliphatic carbocycles. The van der Waals surface area contributed by atoms with Crippen LogP contribution in [0.5, 0.6) is 0 Å². The van der Waals surface area contributed by atoms with Gasteiger partial charge in [0.1, 0.15) is 6.54 Å². The minimum atomic E-state index is -3.73. The number of rotatable bonds is 5. The van der Waals surface area contributed by atoms with Gasteiger partial charge >= 0.3 is 0 Å². The summed E-state index contributed by atoms with van der Waals surface area (Å²) in [7, 11) is -3.73. The Kier molecular flexibility index (Phi) is 4.51. The van der Waals surface area contributed by atoms with Crippen LogP contribution in [0.1, 0.15) is 27.2 Å². The molecule has 1 N–H and O–H groups in total. The van der Waals surface area contributed by atoms with Crippen molar-refractivity contribution in [1.82, 2.24) is 5.43 Å². The minimum Gasteiger partial charge on any atom is -0.271 e. The van der Waals surface area contributed by atoms with Gasteiger partial charge in [-0.1, -0.05) is 45.0 Å². The van der Waals surface area contributed by atoms with E-state index in [9.17, 15) is 13.2 Å². The molecule has 0 fully saturated rings. The number of hydrogen-bond donors (Lipinski definition) is 1. The predicted molar refractivity (Wildman–Crippen MR) is 99.2 cm³/mol. The zero-order chi connectivity index (χ0) is 18.2. The van der Waals surface area contributed by atoms with E-state index >= 15 is 0 Å². The predicted octanol–water partition coefficient (Wildman–Crippen LogP) is 2.89. The minimum absolute atomic E-state index is 0.221. The van der Waals surface area contributed by atoms with Crippen molar-refractivity contribution in [3.05, 3.63) is 36.4 Å². The highest BCUT2D eigenvalue weighted by molar-refractivity contribution is 7.93. The molecule has 0 spiro atoms. The number of carbonyl (C=O) groups is 1. The van der Waals surface area contributed by atoms with E-state index in [1.165, 1.54) is 0 Å². The lowest BCUT2D eigenvalue weighted by molar-refractivity contribution is -0.119. The number of benzene rings is 2. The lowest BCUT2D eigenvalue weighted by Crippen LogP contribution is -2.37. The molecule has 0 unspecified atom stereocenters. The maximum absolute atomic E-state index is 12.8. The van der Waals surface area contributed by atoms with Crippen LogP contribution in [0.15, 0.2) is 46.4 Å². The molecule has 6 nitrogen and oxygen atoms in total. The SMILES string of the molecule is CC/C(=N/NC(=O)CN1c2cccc3cccc(c23)S1(=O)=O)C(C)C. The fourth-order valence-corrected chi connectivity index (χ4v) is 4.71. The standard InChI is InChI=1S/C18H21N3O3S/c1-4-14(12(2)3)19-20-17(22)11-21-15-9-5-7-13-8-6-10-16(18(13)15)25(21,23)24/h5-10,12H,4,11H2,1-3H3,(H,20,22)/b19-14-. The van der Waals surface area contributed by atoms with E-state index in [1.807, 2.05) is 32.9 Å². The van der Waals surface area contributed by atoms with Crippen LogP contribution in [0.25, 0.3) is 10.8 Å². The van der Waals surface area contributed by atoms with Gasteiger partial charge in [-0.05, 0) is 29.9 Å². The normalized spacial score (nSPS) is 15.8. The topological polar surface area (TPSA) is 78.8 Å². The second-order valence-electron chi connectivity index (χ2n) is 6.29. The summed E-state index contributed by atoms with van der Waals surface area (Å²) in [5.41, 5.74) is 3.88. The summed E-state index contributed by atoms with van der Waals surface area (Å²) in [5, 5.41) is 5.63. The van der Waals surface area contributed by atoms with Crippen LogP contribution >= 0.6 is 0 Å². The fourth-order valence-electron chi connectivity index (χ4n) is 3.04. The van der Waals surface area contributed by atoms with Crippen LogP contribution in [0.4, 0.5) is 5.69 Å². The van der Waals surface area contributed by atoms with E-state index in [1.54, 1.807) is 24.3 Å². The van der Waals surface area contributed by atoms with Gasteiger partial charge in [-0.25, -0.2) is 13.8 Å². The summed E-state index contributed by atoms with van der Waals surface area (Å²) < 4.78 is 26.8. The molecule has 7 heteroatoms. The van der Waals surface area contributed by atoms with Gasteiger partial charge < -0.3 is 0 Å². The molecule has 1 amide bonds. The Bertz CT molecular complexity index is 959. The third-order valence-electron chi connectivity index (χ3n) is 4.32. The van der Waals surface area contributed by atoms with Crippen LogP contribution in [0, 0.1) is 5.92 Å². The summed E-state index contributed by atoms with van der Waals surface area (Å²) in [6.07, 6.45) is 0.727. The van der Waals surface area contributed by atoms with Crippen molar-refractivity contribution in [1.29, 1.82) is 0 Å². The van der Waals surface area contributed by atoms with Gasteiger partial charge in [0.05, 0.1) is 10.6 Å². The van der Waals surface area contributed by atoms with Crippen molar-refractivity contribution < 1.29 is 13.2 Å². The molecule has 132 valence electrons. The van der Waals surface area contributed by atoms with Gasteiger partial charge in [-0.15, -0.1) is 0 Å². The van der Waals surface area contributed by atoms with Gasteiger partial charge in [0.2, 0.25) is 0 Å². The molecule has 3 rings (SSSR count). The number of sulfonamides is 1. The van der Waals surface area contributed by atoms with Gasteiger partial charge in [0.15, 0.2) is 0 Å². The van der Waals surface area contributed by atoms with Crippen LogP contribution in [0.3, 0.4) is 0 Å². The van der Waals surface area contributed by atoms with Gasteiger partial charge in [-0.3, -0.25) is 9.10 Å². The molecular weight excluding hydrogens is 338 g/mol. The zero-order valence-electron chi connectivity index (χ0n) is 14.5. The average Bonchev–Trinajstić information content (AvgIpc) is 2.79. The molecule has 2 aromatic rings. The van der Waals surface area contributed by atoms with E-state index in [4.69, 9.17) is 0 Å². The molecule has 0 bridgehead atoms. The zero-order valence-corrected chi connectivity index (χ0v) is 15.3. The van der Waals surface area contributed by atoms with Crippen molar-refractivity contribution in [3.63, 3.8) is 0 Å². The lowest BCUT2D eigenvalue weighted by atomic mass is 10.1. The Morgan fingerprint density at radius 1 is 1.20 bits per heavy atom. The maximum atomic E-state index is 12.8. The van der Waals surface area contributed by atoms with Crippen LogP contribution < -0.4 is 9.73 Å². The maximum Gasteiger partial charge on any atom is 0.265 e. The Morgan fingerprint density at radius 2 is 1.88 bits per heavy atom. The van der Waals surface area contributed by atoms with Gasteiger partial charge in [0.25, 0.3) is 15.9 Å². The number of hydrogen-bond acceptors (Lipinski definition) is 4. The quantitative estimate of drug-likeness (QED) is 0.658. The molecule has 1 aliphatic rings. The van der Waals surface area contributed by atoms with E-state index in [0.717, 1.165) is 21.8 Å². The number of anilines is 1. The summed E-state index contributed by atoms with van der Waals surface area (Å²) in [5.74, 6) is -0.237. The summed E-state index contributed by atoms with van der Waals surface area (Å²) in [6.45, 7) is 5.66. The average molecular weight is 359 g/mol. The molecule has 0 atom stereocenters. The van der Waals surface area contributed by atoms with Crippen molar-refractivity contribution in [2.45, 2.75) is 32.1 Å². The molecule has 0 aromatic heterocycles. The fraction of sp³-hybridized carbons (Fsp3) is 0.333. The first-order chi connectivity index (χ1) is 11.9. The van der Waals surface area contributed by atoms with Crippen LogP contribution in [-0.2, 0) is 14.8 Å². The first-order valence-electron chi connectivity index (χ1n) is 8.26. The van der Waals surface area contributed by atoms with E-state index in [2.05, 4.69) is 10.5 Å². The molecule has 2 aromatic carbocycles. The first-order valence-corrected chi connectivity index (χ1v) is 9.70. The number of nitrogens with zero attached hydrogens (tertiary/aromatic N) is 2. The van der Waals surface area contributed by atoms with E-state index < -0.39 is 15.9 Å². The number of nitrogens with one attached hydrogen (secondary N) is 1. The van der Waals surface area contributed by atoms with Gasteiger partial charge in [-0.2, -0.15) is 5.10 Å².